The van der Waals surface area contributed by atoms with Crippen LogP contribution in [0, 0.1) is 0 Å². The predicted molar refractivity (Wildman–Crippen MR) is 87.1 cm³/mol. The van der Waals surface area contributed by atoms with Gasteiger partial charge in [-0.1, -0.05) is 12.8 Å². The molecular weight excluding hydrogens is 280 g/mol. The van der Waals surface area contributed by atoms with E-state index < -0.39 is 5.60 Å². The normalized spacial score (nSPS) is 30.0. The second-order valence-corrected chi connectivity index (χ2v) is 6.87. The van der Waals surface area contributed by atoms with E-state index >= 15 is 0 Å². The number of aliphatic imine (C=N–C) groups is 1. The molecule has 0 radical (unpaired) electrons. The number of ether oxygens (including phenoxy) is 1. The highest BCUT2D eigenvalue weighted by Gasteiger charge is 2.33. The summed E-state index contributed by atoms with van der Waals surface area (Å²) in [6.07, 6.45) is 5.28. The number of nitrogens with one attached hydrogen (secondary N) is 1. The summed E-state index contributed by atoms with van der Waals surface area (Å²) in [5, 5.41) is 13.9. The zero-order valence-electron chi connectivity index (χ0n) is 13.8. The SMILES string of the molecule is CN=C(NCC1(O)CCCC1)N1CCC(N2CCOCC2)C1. The summed E-state index contributed by atoms with van der Waals surface area (Å²) in [6, 6.07) is 0.608. The minimum Gasteiger partial charge on any atom is -0.388 e. The van der Waals surface area contributed by atoms with Crippen LogP contribution in [0.4, 0.5) is 0 Å². The van der Waals surface area contributed by atoms with Gasteiger partial charge in [-0.3, -0.25) is 9.89 Å². The second kappa shape index (κ2) is 7.15. The van der Waals surface area contributed by atoms with E-state index in [-0.39, 0.29) is 0 Å². The number of hydrogen-bond acceptors (Lipinski definition) is 4. The Morgan fingerprint density at radius 1 is 1.27 bits per heavy atom. The second-order valence-electron chi connectivity index (χ2n) is 6.87. The lowest BCUT2D eigenvalue weighted by molar-refractivity contribution is 0.0194. The monoisotopic (exact) mass is 310 g/mol. The van der Waals surface area contributed by atoms with Gasteiger partial charge in [-0.05, 0) is 19.3 Å². The first-order chi connectivity index (χ1) is 10.7. The van der Waals surface area contributed by atoms with Crippen molar-refractivity contribution in [1.82, 2.24) is 15.1 Å². The molecule has 3 rings (SSSR count). The first kappa shape index (κ1) is 16.0. The van der Waals surface area contributed by atoms with Crippen LogP contribution in [-0.2, 0) is 4.74 Å². The molecule has 6 nitrogen and oxygen atoms in total. The fourth-order valence-corrected chi connectivity index (χ4v) is 3.96. The van der Waals surface area contributed by atoms with Crippen LogP contribution < -0.4 is 5.32 Å². The lowest BCUT2D eigenvalue weighted by atomic mass is 10.0. The van der Waals surface area contributed by atoms with Gasteiger partial charge in [-0.2, -0.15) is 0 Å². The molecule has 3 aliphatic rings. The van der Waals surface area contributed by atoms with Crippen LogP contribution in [0.2, 0.25) is 0 Å². The van der Waals surface area contributed by atoms with E-state index in [4.69, 9.17) is 4.74 Å². The van der Waals surface area contributed by atoms with E-state index in [0.717, 1.165) is 71.0 Å². The van der Waals surface area contributed by atoms with Crippen molar-refractivity contribution in [3.05, 3.63) is 0 Å². The smallest absolute Gasteiger partial charge is 0.193 e. The van der Waals surface area contributed by atoms with Crippen LogP contribution in [0.1, 0.15) is 32.1 Å². The van der Waals surface area contributed by atoms with Crippen LogP contribution in [-0.4, -0.2) is 85.5 Å². The van der Waals surface area contributed by atoms with Crippen LogP contribution in [0.15, 0.2) is 4.99 Å². The third-order valence-electron chi connectivity index (χ3n) is 5.35. The Morgan fingerprint density at radius 3 is 2.68 bits per heavy atom. The quantitative estimate of drug-likeness (QED) is 0.579. The van der Waals surface area contributed by atoms with Crippen molar-refractivity contribution >= 4 is 5.96 Å². The van der Waals surface area contributed by atoms with E-state index in [1.165, 1.54) is 6.42 Å². The number of morpholine rings is 1. The molecule has 1 unspecified atom stereocenters. The van der Waals surface area contributed by atoms with Gasteiger partial charge in [0.05, 0.1) is 18.8 Å². The third-order valence-corrected chi connectivity index (χ3v) is 5.35. The minimum atomic E-state index is -0.528. The molecule has 1 atom stereocenters. The molecule has 2 saturated heterocycles. The number of likely N-dealkylation sites (tertiary alicyclic amines) is 1. The van der Waals surface area contributed by atoms with Gasteiger partial charge in [-0.25, -0.2) is 0 Å². The van der Waals surface area contributed by atoms with Gasteiger partial charge in [0.2, 0.25) is 0 Å². The number of hydrogen-bond donors (Lipinski definition) is 2. The van der Waals surface area contributed by atoms with E-state index in [0.29, 0.717) is 12.6 Å². The van der Waals surface area contributed by atoms with Gasteiger partial charge in [0.15, 0.2) is 5.96 Å². The molecule has 0 spiro atoms. The van der Waals surface area contributed by atoms with E-state index in [2.05, 4.69) is 20.1 Å². The topological polar surface area (TPSA) is 60.3 Å². The molecule has 1 saturated carbocycles. The van der Waals surface area contributed by atoms with Crippen LogP contribution in [0.25, 0.3) is 0 Å². The van der Waals surface area contributed by atoms with Crippen molar-refractivity contribution in [2.45, 2.75) is 43.7 Å². The largest absolute Gasteiger partial charge is 0.388 e. The molecule has 6 heteroatoms. The Labute approximate surface area is 133 Å². The number of nitrogens with zero attached hydrogens (tertiary/aromatic N) is 3. The highest BCUT2D eigenvalue weighted by molar-refractivity contribution is 5.80. The maximum atomic E-state index is 10.5. The lowest BCUT2D eigenvalue weighted by Gasteiger charge is -2.32. The molecule has 2 N–H and O–H groups in total. The standard InChI is InChI=1S/C16H30N4O2/c1-17-15(18-13-16(21)5-2-3-6-16)20-7-4-14(12-20)19-8-10-22-11-9-19/h14,21H,2-13H2,1H3,(H,17,18). The molecule has 3 fully saturated rings. The van der Waals surface area contributed by atoms with Gasteiger partial charge < -0.3 is 20.1 Å². The molecule has 2 heterocycles. The number of rotatable bonds is 3. The molecule has 2 aliphatic heterocycles. The van der Waals surface area contributed by atoms with Crippen molar-refractivity contribution < 1.29 is 9.84 Å². The number of guanidine groups is 1. The molecule has 22 heavy (non-hydrogen) atoms. The lowest BCUT2D eigenvalue weighted by Crippen LogP contribution is -2.49. The summed E-state index contributed by atoms with van der Waals surface area (Å²) in [5.41, 5.74) is -0.528. The Bertz CT molecular complexity index is 390. The zero-order valence-corrected chi connectivity index (χ0v) is 13.8. The van der Waals surface area contributed by atoms with E-state index in [1.54, 1.807) is 0 Å². The third kappa shape index (κ3) is 3.73. The van der Waals surface area contributed by atoms with Crippen LogP contribution in [0.3, 0.4) is 0 Å². The van der Waals surface area contributed by atoms with Gasteiger partial charge in [0, 0.05) is 45.8 Å². The Morgan fingerprint density at radius 2 is 2.00 bits per heavy atom. The first-order valence-electron chi connectivity index (χ1n) is 8.70. The molecule has 0 aromatic heterocycles. The van der Waals surface area contributed by atoms with Crippen LogP contribution in [0.5, 0.6) is 0 Å². The van der Waals surface area contributed by atoms with Crippen LogP contribution >= 0.6 is 0 Å². The fraction of sp³-hybridized carbons (Fsp3) is 0.938. The molecular formula is C16H30N4O2. The van der Waals surface area contributed by atoms with Crippen molar-refractivity contribution in [3.8, 4) is 0 Å². The van der Waals surface area contributed by atoms with Gasteiger partial charge in [0.25, 0.3) is 0 Å². The van der Waals surface area contributed by atoms with Crippen molar-refractivity contribution in [3.63, 3.8) is 0 Å². The molecule has 0 aromatic rings. The first-order valence-corrected chi connectivity index (χ1v) is 8.70. The summed E-state index contributed by atoms with van der Waals surface area (Å²) in [4.78, 5) is 9.29. The van der Waals surface area contributed by atoms with Gasteiger partial charge >= 0.3 is 0 Å². The van der Waals surface area contributed by atoms with Gasteiger partial charge in [-0.15, -0.1) is 0 Å². The van der Waals surface area contributed by atoms with E-state index in [1.807, 2.05) is 7.05 Å². The molecule has 0 bridgehead atoms. The molecule has 0 aromatic carbocycles. The molecule has 0 amide bonds. The highest BCUT2D eigenvalue weighted by atomic mass is 16.5. The Hall–Kier alpha value is -0.850. The fourth-order valence-electron chi connectivity index (χ4n) is 3.96. The summed E-state index contributed by atoms with van der Waals surface area (Å²) in [6.45, 7) is 6.50. The minimum absolute atomic E-state index is 0.528. The highest BCUT2D eigenvalue weighted by Crippen LogP contribution is 2.28. The molecule has 126 valence electrons. The maximum Gasteiger partial charge on any atom is 0.193 e. The summed E-state index contributed by atoms with van der Waals surface area (Å²) < 4.78 is 5.44. The number of aliphatic hydroxyl groups is 1. The zero-order chi connectivity index (χ0) is 15.4. The average Bonchev–Trinajstić information content (AvgIpc) is 3.19. The predicted octanol–water partition coefficient (Wildman–Crippen LogP) is 0.273. The summed E-state index contributed by atoms with van der Waals surface area (Å²) in [7, 11) is 1.84. The van der Waals surface area contributed by atoms with E-state index in [9.17, 15) is 5.11 Å². The van der Waals surface area contributed by atoms with Crippen molar-refractivity contribution in [2.75, 3.05) is 53.0 Å². The maximum absolute atomic E-state index is 10.5. The average molecular weight is 310 g/mol. The van der Waals surface area contributed by atoms with Crippen molar-refractivity contribution in [1.29, 1.82) is 0 Å². The summed E-state index contributed by atoms with van der Waals surface area (Å²) in [5.74, 6) is 0.941. The van der Waals surface area contributed by atoms with Crippen molar-refractivity contribution in [2.24, 2.45) is 4.99 Å². The Kier molecular flexibility index (Phi) is 5.21. The van der Waals surface area contributed by atoms with Gasteiger partial charge in [0.1, 0.15) is 0 Å². The summed E-state index contributed by atoms with van der Waals surface area (Å²) >= 11 is 0. The Balaban J connectivity index is 1.49. The molecule has 1 aliphatic carbocycles.